The summed E-state index contributed by atoms with van der Waals surface area (Å²) in [6.07, 6.45) is 0. The van der Waals surface area contributed by atoms with Gasteiger partial charge in [-0.15, -0.1) is 0 Å². The average Bonchev–Trinajstić information content (AvgIpc) is 2.47. The van der Waals surface area contributed by atoms with Gasteiger partial charge in [0.2, 0.25) is 5.91 Å². The number of benzene rings is 2. The molecule has 0 N–H and O–H groups in total. The van der Waals surface area contributed by atoms with Crippen LogP contribution in [0.25, 0.3) is 21.7 Å². The van der Waals surface area contributed by atoms with Crippen LogP contribution in [0, 0.1) is 0 Å². The number of aromatic nitrogens is 1. The Labute approximate surface area is 117 Å². The molecule has 0 radical (unpaired) electrons. The Bertz CT molecular complexity index is 795. The highest BCUT2D eigenvalue weighted by molar-refractivity contribution is 6.06. The molecule has 20 heavy (non-hydrogen) atoms. The van der Waals surface area contributed by atoms with E-state index in [1.807, 2.05) is 30.3 Å². The van der Waals surface area contributed by atoms with E-state index in [2.05, 4.69) is 18.2 Å². The molecule has 0 saturated carbocycles. The van der Waals surface area contributed by atoms with Gasteiger partial charge in [0.25, 0.3) is 0 Å². The summed E-state index contributed by atoms with van der Waals surface area (Å²) in [5, 5.41) is 3.45. The van der Waals surface area contributed by atoms with Gasteiger partial charge in [-0.25, -0.2) is 0 Å². The predicted molar refractivity (Wildman–Crippen MR) is 81.4 cm³/mol. The summed E-state index contributed by atoms with van der Waals surface area (Å²) in [7, 11) is 1.80. The van der Waals surface area contributed by atoms with E-state index in [4.69, 9.17) is 4.98 Å². The van der Waals surface area contributed by atoms with E-state index < -0.39 is 0 Å². The van der Waals surface area contributed by atoms with Crippen LogP contribution in [0.15, 0.2) is 48.5 Å². The number of fused-ring (bicyclic) bond motifs is 3. The molecule has 0 bridgehead atoms. The maximum Gasteiger partial charge on any atom is 0.219 e. The van der Waals surface area contributed by atoms with E-state index in [-0.39, 0.29) is 5.91 Å². The molecule has 0 aliphatic rings. The zero-order valence-electron chi connectivity index (χ0n) is 11.6. The van der Waals surface area contributed by atoms with Crippen molar-refractivity contribution in [1.29, 1.82) is 0 Å². The Balaban J connectivity index is 2.26. The first-order valence-electron chi connectivity index (χ1n) is 6.65. The van der Waals surface area contributed by atoms with Crippen LogP contribution >= 0.6 is 0 Å². The fourth-order valence-corrected chi connectivity index (χ4v) is 2.43. The van der Waals surface area contributed by atoms with Crippen LogP contribution in [0.1, 0.15) is 12.6 Å². The number of pyridine rings is 1. The smallest absolute Gasteiger partial charge is 0.219 e. The lowest BCUT2D eigenvalue weighted by molar-refractivity contribution is -0.128. The molecule has 0 unspecified atom stereocenters. The van der Waals surface area contributed by atoms with Crippen molar-refractivity contribution in [2.75, 3.05) is 7.05 Å². The van der Waals surface area contributed by atoms with Crippen molar-refractivity contribution in [2.45, 2.75) is 13.5 Å². The normalized spacial score (nSPS) is 10.9. The van der Waals surface area contributed by atoms with Crippen molar-refractivity contribution in [3.8, 4) is 0 Å². The summed E-state index contributed by atoms with van der Waals surface area (Å²) >= 11 is 0. The molecule has 0 atom stereocenters. The predicted octanol–water partition coefficient (Wildman–Crippen LogP) is 3.37. The van der Waals surface area contributed by atoms with Crippen LogP contribution < -0.4 is 0 Å². The van der Waals surface area contributed by atoms with Gasteiger partial charge in [0.15, 0.2) is 0 Å². The minimum absolute atomic E-state index is 0.0454. The van der Waals surface area contributed by atoms with E-state index in [1.54, 1.807) is 18.9 Å². The molecule has 1 aromatic heterocycles. The van der Waals surface area contributed by atoms with Crippen LogP contribution in [-0.4, -0.2) is 22.8 Å². The van der Waals surface area contributed by atoms with Crippen LogP contribution in [-0.2, 0) is 11.3 Å². The third-order valence-electron chi connectivity index (χ3n) is 3.61. The maximum absolute atomic E-state index is 11.4. The van der Waals surface area contributed by atoms with Crippen molar-refractivity contribution >= 4 is 27.6 Å². The summed E-state index contributed by atoms with van der Waals surface area (Å²) in [6.45, 7) is 2.10. The number of hydrogen-bond acceptors (Lipinski definition) is 2. The Hall–Kier alpha value is -2.42. The number of carbonyl (C=O) groups excluding carboxylic acids is 1. The topological polar surface area (TPSA) is 33.2 Å². The zero-order chi connectivity index (χ0) is 14.1. The lowest BCUT2D eigenvalue weighted by Crippen LogP contribution is -2.23. The molecule has 0 aliphatic heterocycles. The van der Waals surface area contributed by atoms with Gasteiger partial charge in [-0.2, -0.15) is 0 Å². The van der Waals surface area contributed by atoms with Gasteiger partial charge in [0.1, 0.15) is 0 Å². The van der Waals surface area contributed by atoms with Crippen molar-refractivity contribution in [3.05, 3.63) is 54.2 Å². The fourth-order valence-electron chi connectivity index (χ4n) is 2.43. The van der Waals surface area contributed by atoms with Crippen LogP contribution in [0.3, 0.4) is 0 Å². The highest BCUT2D eigenvalue weighted by atomic mass is 16.2. The lowest BCUT2D eigenvalue weighted by Gasteiger charge is -2.16. The molecular formula is C17H16N2O. The molecular weight excluding hydrogens is 248 g/mol. The molecule has 0 spiro atoms. The first-order chi connectivity index (χ1) is 9.66. The second-order valence-electron chi connectivity index (χ2n) is 5.00. The minimum atomic E-state index is 0.0454. The van der Waals surface area contributed by atoms with Gasteiger partial charge in [-0.05, 0) is 11.5 Å². The number of amides is 1. The first kappa shape index (κ1) is 12.6. The Morgan fingerprint density at radius 3 is 2.30 bits per heavy atom. The Kier molecular flexibility index (Phi) is 3.11. The summed E-state index contributed by atoms with van der Waals surface area (Å²) in [5.74, 6) is 0.0454. The van der Waals surface area contributed by atoms with Gasteiger partial charge in [0, 0.05) is 24.7 Å². The highest BCUT2D eigenvalue weighted by Gasteiger charge is 2.10. The maximum atomic E-state index is 11.4. The third kappa shape index (κ3) is 2.11. The molecule has 1 amide bonds. The molecule has 2 aromatic carbocycles. The van der Waals surface area contributed by atoms with Crippen LogP contribution in [0.2, 0.25) is 0 Å². The molecule has 3 nitrogen and oxygen atoms in total. The van der Waals surface area contributed by atoms with Gasteiger partial charge in [0.05, 0.1) is 17.8 Å². The number of hydrogen-bond donors (Lipinski definition) is 0. The van der Waals surface area contributed by atoms with E-state index >= 15 is 0 Å². The molecule has 0 fully saturated rings. The zero-order valence-corrected chi connectivity index (χ0v) is 11.6. The molecule has 1 heterocycles. The quantitative estimate of drug-likeness (QED) is 0.665. The van der Waals surface area contributed by atoms with Crippen molar-refractivity contribution in [2.24, 2.45) is 0 Å². The molecule has 3 aromatic rings. The molecule has 3 rings (SSSR count). The second-order valence-corrected chi connectivity index (χ2v) is 5.00. The van der Waals surface area contributed by atoms with Crippen molar-refractivity contribution < 1.29 is 4.79 Å². The van der Waals surface area contributed by atoms with E-state index in [1.165, 1.54) is 5.39 Å². The summed E-state index contributed by atoms with van der Waals surface area (Å²) in [4.78, 5) is 17.9. The second kappa shape index (κ2) is 4.93. The number of para-hydroxylation sites is 1. The Morgan fingerprint density at radius 2 is 1.60 bits per heavy atom. The number of carbonyl (C=O) groups is 1. The van der Waals surface area contributed by atoms with E-state index in [9.17, 15) is 4.79 Å². The average molecular weight is 264 g/mol. The monoisotopic (exact) mass is 264 g/mol. The molecule has 0 saturated heterocycles. The molecule has 3 heteroatoms. The highest BCUT2D eigenvalue weighted by Crippen LogP contribution is 2.26. The third-order valence-corrected chi connectivity index (χ3v) is 3.61. The largest absolute Gasteiger partial charge is 0.340 e. The van der Waals surface area contributed by atoms with Crippen molar-refractivity contribution in [1.82, 2.24) is 9.88 Å². The standard InChI is InChI=1S/C17H16N2O/c1-12(20)19(2)11-17-15-9-4-3-7-13(15)14-8-5-6-10-16(14)18-17/h3-10H,11H2,1-2H3. The summed E-state index contributed by atoms with van der Waals surface area (Å²) < 4.78 is 0. The fraction of sp³-hybridized carbons (Fsp3) is 0.176. The van der Waals surface area contributed by atoms with Gasteiger partial charge in [-0.1, -0.05) is 42.5 Å². The van der Waals surface area contributed by atoms with Gasteiger partial charge in [-0.3, -0.25) is 9.78 Å². The van der Waals surface area contributed by atoms with Crippen molar-refractivity contribution in [3.63, 3.8) is 0 Å². The lowest BCUT2D eigenvalue weighted by atomic mass is 10.0. The summed E-state index contributed by atoms with van der Waals surface area (Å²) in [5.41, 5.74) is 1.91. The summed E-state index contributed by atoms with van der Waals surface area (Å²) in [6, 6.07) is 16.3. The van der Waals surface area contributed by atoms with Gasteiger partial charge < -0.3 is 4.90 Å². The Morgan fingerprint density at radius 1 is 1.00 bits per heavy atom. The van der Waals surface area contributed by atoms with Crippen LogP contribution in [0.4, 0.5) is 0 Å². The SMILES string of the molecule is CC(=O)N(C)Cc1nc2ccccc2c2ccccc12. The number of nitrogens with zero attached hydrogens (tertiary/aromatic N) is 2. The van der Waals surface area contributed by atoms with E-state index in [0.29, 0.717) is 6.54 Å². The molecule has 100 valence electrons. The van der Waals surface area contributed by atoms with Gasteiger partial charge >= 0.3 is 0 Å². The van der Waals surface area contributed by atoms with Crippen LogP contribution in [0.5, 0.6) is 0 Å². The number of rotatable bonds is 2. The molecule has 0 aliphatic carbocycles. The first-order valence-corrected chi connectivity index (χ1v) is 6.65. The minimum Gasteiger partial charge on any atom is -0.340 e. The van der Waals surface area contributed by atoms with E-state index in [0.717, 1.165) is 22.0 Å².